The topological polar surface area (TPSA) is 57.2 Å². The van der Waals surface area contributed by atoms with E-state index in [4.69, 9.17) is 18.9 Å². The lowest BCUT2D eigenvalue weighted by atomic mass is 10.0. The van der Waals surface area contributed by atoms with E-state index in [0.29, 0.717) is 23.0 Å². The van der Waals surface area contributed by atoms with Crippen LogP contribution in [-0.2, 0) is 4.79 Å². The maximum Gasteiger partial charge on any atom is 0.264 e. The van der Waals surface area contributed by atoms with Gasteiger partial charge in [-0.05, 0) is 42.0 Å². The minimum atomic E-state index is -0.160. The van der Waals surface area contributed by atoms with Crippen LogP contribution >= 0.6 is 0 Å². The molecule has 0 radical (unpaired) electrons. The number of hydrogen-bond acceptors (Lipinski definition) is 5. The minimum Gasteiger partial charge on any atom is -0.497 e. The largest absolute Gasteiger partial charge is 0.497 e. The van der Waals surface area contributed by atoms with Gasteiger partial charge in [-0.3, -0.25) is 4.79 Å². The highest BCUT2D eigenvalue weighted by Gasteiger charge is 2.14. The molecule has 156 valence electrons. The summed E-state index contributed by atoms with van der Waals surface area (Å²) in [4.78, 5) is 14.1. The number of carbonyl (C=O) groups is 1. The van der Waals surface area contributed by atoms with Crippen LogP contribution in [0.25, 0.3) is 11.1 Å². The number of likely N-dealkylation sites (N-methyl/N-ethyl adjacent to an activating group) is 1. The number of hydrogen-bond donors (Lipinski definition) is 0. The molecule has 0 bridgehead atoms. The van der Waals surface area contributed by atoms with Crippen molar-refractivity contribution in [3.05, 3.63) is 66.7 Å². The van der Waals surface area contributed by atoms with Crippen molar-refractivity contribution in [1.82, 2.24) is 0 Å². The van der Waals surface area contributed by atoms with E-state index in [1.807, 2.05) is 60.7 Å². The molecule has 0 unspecified atom stereocenters. The van der Waals surface area contributed by atoms with Crippen molar-refractivity contribution in [3.63, 3.8) is 0 Å². The fraction of sp³-hybridized carbons (Fsp3) is 0.208. The van der Waals surface area contributed by atoms with Crippen LogP contribution in [0.15, 0.2) is 66.7 Å². The molecular formula is C24H25NO5. The molecule has 3 aromatic rings. The fourth-order valence-electron chi connectivity index (χ4n) is 3.00. The molecule has 3 rings (SSSR count). The van der Waals surface area contributed by atoms with Crippen LogP contribution in [0.4, 0.5) is 5.69 Å². The zero-order chi connectivity index (χ0) is 21.5. The van der Waals surface area contributed by atoms with E-state index >= 15 is 0 Å². The molecule has 0 heterocycles. The SMILES string of the molecule is COc1cc(OCC(=O)N(C)c2ccccc2)cc(-c2ccc(OC)cc2OC)c1. The van der Waals surface area contributed by atoms with Gasteiger partial charge in [0, 0.05) is 30.4 Å². The van der Waals surface area contributed by atoms with E-state index < -0.39 is 0 Å². The lowest BCUT2D eigenvalue weighted by molar-refractivity contribution is -0.120. The van der Waals surface area contributed by atoms with Gasteiger partial charge < -0.3 is 23.8 Å². The molecule has 0 atom stereocenters. The maximum absolute atomic E-state index is 12.5. The first-order valence-electron chi connectivity index (χ1n) is 9.41. The van der Waals surface area contributed by atoms with E-state index in [0.717, 1.165) is 16.8 Å². The summed E-state index contributed by atoms with van der Waals surface area (Å²) < 4.78 is 22.0. The Morgan fingerprint density at radius 1 is 0.800 bits per heavy atom. The number of para-hydroxylation sites is 1. The second-order valence-electron chi connectivity index (χ2n) is 6.54. The van der Waals surface area contributed by atoms with Crippen LogP contribution in [0.1, 0.15) is 0 Å². The molecule has 0 aliphatic rings. The minimum absolute atomic E-state index is 0.0995. The van der Waals surface area contributed by atoms with Crippen molar-refractivity contribution in [1.29, 1.82) is 0 Å². The van der Waals surface area contributed by atoms with Gasteiger partial charge in [-0.15, -0.1) is 0 Å². The van der Waals surface area contributed by atoms with E-state index in [1.54, 1.807) is 39.3 Å². The zero-order valence-corrected chi connectivity index (χ0v) is 17.5. The van der Waals surface area contributed by atoms with Crippen molar-refractivity contribution in [3.8, 4) is 34.1 Å². The van der Waals surface area contributed by atoms with Crippen molar-refractivity contribution in [2.75, 3.05) is 39.9 Å². The molecule has 0 saturated heterocycles. The van der Waals surface area contributed by atoms with Crippen LogP contribution in [0.2, 0.25) is 0 Å². The number of ether oxygens (including phenoxy) is 4. The van der Waals surface area contributed by atoms with Crippen molar-refractivity contribution in [2.45, 2.75) is 0 Å². The molecular weight excluding hydrogens is 382 g/mol. The van der Waals surface area contributed by atoms with E-state index in [1.165, 1.54) is 0 Å². The Kier molecular flexibility index (Phi) is 6.80. The summed E-state index contributed by atoms with van der Waals surface area (Å²) in [6, 6.07) is 20.5. The van der Waals surface area contributed by atoms with Crippen LogP contribution in [0.5, 0.6) is 23.0 Å². The predicted octanol–water partition coefficient (Wildman–Crippen LogP) is 4.42. The number of carbonyl (C=O) groups excluding carboxylic acids is 1. The summed E-state index contributed by atoms with van der Waals surface area (Å²) >= 11 is 0. The molecule has 1 amide bonds. The summed E-state index contributed by atoms with van der Waals surface area (Å²) in [5.41, 5.74) is 2.50. The van der Waals surface area contributed by atoms with Gasteiger partial charge in [0.15, 0.2) is 6.61 Å². The highest BCUT2D eigenvalue weighted by molar-refractivity contribution is 5.93. The van der Waals surface area contributed by atoms with Crippen molar-refractivity contribution in [2.24, 2.45) is 0 Å². The maximum atomic E-state index is 12.5. The monoisotopic (exact) mass is 407 g/mol. The van der Waals surface area contributed by atoms with Gasteiger partial charge in [0.1, 0.15) is 23.0 Å². The molecule has 6 heteroatoms. The van der Waals surface area contributed by atoms with Crippen LogP contribution in [0, 0.1) is 0 Å². The Bertz CT molecular complexity index is 1000. The third-order valence-corrected chi connectivity index (χ3v) is 4.72. The third-order valence-electron chi connectivity index (χ3n) is 4.72. The van der Waals surface area contributed by atoms with Crippen molar-refractivity contribution >= 4 is 11.6 Å². The molecule has 6 nitrogen and oxygen atoms in total. The van der Waals surface area contributed by atoms with Gasteiger partial charge in [0.05, 0.1) is 21.3 Å². The standard InChI is InChI=1S/C24H25NO5/c1-25(18-8-6-5-7-9-18)24(26)16-30-21-13-17(12-20(14-21)28-3)22-11-10-19(27-2)15-23(22)29-4/h5-15H,16H2,1-4H3. The number of anilines is 1. The summed E-state index contributed by atoms with van der Waals surface area (Å²) in [7, 11) is 6.52. The number of methoxy groups -OCH3 is 3. The summed E-state index contributed by atoms with van der Waals surface area (Å²) in [5, 5.41) is 0. The van der Waals surface area contributed by atoms with Gasteiger partial charge in [0.25, 0.3) is 5.91 Å². The number of amides is 1. The Morgan fingerprint density at radius 2 is 1.50 bits per heavy atom. The smallest absolute Gasteiger partial charge is 0.264 e. The Labute approximate surface area is 176 Å². The van der Waals surface area contributed by atoms with Gasteiger partial charge >= 0.3 is 0 Å². The Balaban J connectivity index is 1.82. The summed E-state index contributed by atoms with van der Waals surface area (Å²) in [5.74, 6) is 2.34. The Hall–Kier alpha value is -3.67. The van der Waals surface area contributed by atoms with E-state index in [-0.39, 0.29) is 12.5 Å². The molecule has 0 aliphatic carbocycles. The number of rotatable bonds is 8. The van der Waals surface area contributed by atoms with Gasteiger partial charge in [-0.1, -0.05) is 18.2 Å². The zero-order valence-electron chi connectivity index (χ0n) is 17.5. The predicted molar refractivity (Wildman–Crippen MR) is 117 cm³/mol. The highest BCUT2D eigenvalue weighted by atomic mass is 16.5. The average Bonchev–Trinajstić information content (AvgIpc) is 2.81. The number of nitrogens with zero attached hydrogens (tertiary/aromatic N) is 1. The molecule has 0 aliphatic heterocycles. The summed E-state index contributed by atoms with van der Waals surface area (Å²) in [6.07, 6.45) is 0. The highest BCUT2D eigenvalue weighted by Crippen LogP contribution is 2.37. The molecule has 3 aromatic carbocycles. The van der Waals surface area contributed by atoms with E-state index in [9.17, 15) is 4.79 Å². The van der Waals surface area contributed by atoms with Gasteiger partial charge in [-0.2, -0.15) is 0 Å². The first-order chi connectivity index (χ1) is 14.5. The van der Waals surface area contributed by atoms with Crippen LogP contribution in [-0.4, -0.2) is 40.9 Å². The molecule has 0 fully saturated rings. The van der Waals surface area contributed by atoms with Crippen LogP contribution < -0.4 is 23.8 Å². The van der Waals surface area contributed by atoms with Crippen LogP contribution in [0.3, 0.4) is 0 Å². The lowest BCUT2D eigenvalue weighted by Gasteiger charge is -2.18. The quantitative estimate of drug-likeness (QED) is 0.553. The average molecular weight is 407 g/mol. The third kappa shape index (κ3) is 4.84. The first kappa shape index (κ1) is 21.0. The molecule has 0 spiro atoms. The molecule has 0 aromatic heterocycles. The fourth-order valence-corrected chi connectivity index (χ4v) is 3.00. The second-order valence-corrected chi connectivity index (χ2v) is 6.54. The molecule has 0 saturated carbocycles. The van der Waals surface area contributed by atoms with Gasteiger partial charge in [0.2, 0.25) is 0 Å². The summed E-state index contributed by atoms with van der Waals surface area (Å²) in [6.45, 7) is -0.0995. The second kappa shape index (κ2) is 9.69. The molecule has 0 N–H and O–H groups in total. The van der Waals surface area contributed by atoms with Crippen molar-refractivity contribution < 1.29 is 23.7 Å². The lowest BCUT2D eigenvalue weighted by Crippen LogP contribution is -2.31. The Morgan fingerprint density at radius 3 is 2.17 bits per heavy atom. The normalized spacial score (nSPS) is 10.3. The van der Waals surface area contributed by atoms with E-state index in [2.05, 4.69) is 0 Å². The number of benzene rings is 3. The first-order valence-corrected chi connectivity index (χ1v) is 9.41. The molecule has 30 heavy (non-hydrogen) atoms. The van der Waals surface area contributed by atoms with Gasteiger partial charge in [-0.25, -0.2) is 0 Å².